The van der Waals surface area contributed by atoms with Crippen molar-refractivity contribution < 1.29 is 0 Å². The number of nitrogens with zero attached hydrogens (tertiary/aromatic N) is 4. The van der Waals surface area contributed by atoms with Gasteiger partial charge in [-0.05, 0) is 58.6 Å². The molecular weight excluding hydrogens is 396 g/mol. The highest BCUT2D eigenvalue weighted by molar-refractivity contribution is 6.28. The molecule has 1 aromatic rings. The fraction of sp³-hybridized carbons (Fsp3) is 0.783. The maximum absolute atomic E-state index is 6.28. The van der Waals surface area contributed by atoms with Crippen molar-refractivity contribution in [2.75, 3.05) is 23.3 Å². The molecule has 0 amide bonds. The van der Waals surface area contributed by atoms with Gasteiger partial charge in [-0.25, -0.2) is 0 Å². The van der Waals surface area contributed by atoms with Gasteiger partial charge in [0.25, 0.3) is 0 Å². The summed E-state index contributed by atoms with van der Waals surface area (Å²) in [6, 6.07) is 0.345. The molecular formula is C23H41ClN6. The average Bonchev–Trinajstić information content (AvgIpc) is 2.62. The first-order valence-corrected chi connectivity index (χ1v) is 11.9. The Labute approximate surface area is 188 Å². The van der Waals surface area contributed by atoms with Crippen molar-refractivity contribution in [2.24, 2.45) is 0 Å². The smallest absolute Gasteiger partial charge is 0.231 e. The van der Waals surface area contributed by atoms with E-state index in [4.69, 9.17) is 16.6 Å². The third-order valence-electron chi connectivity index (χ3n) is 5.62. The van der Waals surface area contributed by atoms with Crippen LogP contribution < -0.4 is 15.5 Å². The van der Waals surface area contributed by atoms with E-state index in [9.17, 15) is 0 Å². The summed E-state index contributed by atoms with van der Waals surface area (Å²) in [5, 5.41) is 7.16. The van der Waals surface area contributed by atoms with E-state index < -0.39 is 0 Å². The fourth-order valence-corrected chi connectivity index (χ4v) is 4.86. The topological polar surface area (TPSA) is 66.0 Å². The van der Waals surface area contributed by atoms with Gasteiger partial charge >= 0.3 is 0 Å². The predicted molar refractivity (Wildman–Crippen MR) is 129 cm³/mol. The molecule has 0 bridgehead atoms. The number of anilines is 2. The van der Waals surface area contributed by atoms with Crippen molar-refractivity contribution in [3.8, 4) is 0 Å². The number of nitrogens with one attached hydrogen (secondary N) is 2. The van der Waals surface area contributed by atoms with Crippen LogP contribution >= 0.6 is 11.6 Å². The van der Waals surface area contributed by atoms with Crippen LogP contribution in [0.5, 0.6) is 0 Å². The molecule has 1 aliphatic rings. The lowest BCUT2D eigenvalue weighted by Gasteiger charge is -2.49. The maximum atomic E-state index is 6.28. The van der Waals surface area contributed by atoms with Crippen molar-refractivity contribution in [2.45, 2.75) is 103 Å². The molecule has 2 rings (SSSR count). The molecule has 0 aliphatic carbocycles. The molecule has 30 heavy (non-hydrogen) atoms. The summed E-state index contributed by atoms with van der Waals surface area (Å²) in [7, 11) is 0. The van der Waals surface area contributed by atoms with Crippen LogP contribution in [0.1, 0.15) is 86.0 Å². The number of aromatic nitrogens is 3. The van der Waals surface area contributed by atoms with E-state index in [2.05, 4.69) is 66.7 Å². The lowest BCUT2D eigenvalue weighted by molar-refractivity contribution is 0.157. The van der Waals surface area contributed by atoms with Crippen LogP contribution in [0.3, 0.4) is 0 Å². The molecule has 1 aliphatic heterocycles. The SMILES string of the molecule is C=CCNc1nc(Cl)nc(N(CCCCCCCC)C2CC(C)(C)NC(C)(C)C2)n1. The highest BCUT2D eigenvalue weighted by Gasteiger charge is 2.40. The summed E-state index contributed by atoms with van der Waals surface area (Å²) in [6.07, 6.45) is 11.4. The van der Waals surface area contributed by atoms with Crippen LogP contribution in [-0.2, 0) is 0 Å². The number of rotatable bonds is 12. The van der Waals surface area contributed by atoms with Gasteiger partial charge in [0.05, 0.1) is 0 Å². The van der Waals surface area contributed by atoms with Gasteiger partial charge in [-0.2, -0.15) is 15.0 Å². The molecule has 2 heterocycles. The number of unbranched alkanes of at least 4 members (excludes halogenated alkanes) is 5. The molecule has 6 nitrogen and oxygen atoms in total. The lowest BCUT2D eigenvalue weighted by Crippen LogP contribution is -2.62. The van der Waals surface area contributed by atoms with Gasteiger partial charge in [-0.3, -0.25) is 0 Å². The normalized spacial score (nSPS) is 18.2. The number of piperidine rings is 1. The Kier molecular flexibility index (Phi) is 9.35. The van der Waals surface area contributed by atoms with Crippen LogP contribution in [0.25, 0.3) is 0 Å². The zero-order valence-electron chi connectivity index (χ0n) is 19.6. The second-order valence-electron chi connectivity index (χ2n) is 9.81. The number of hydrogen-bond donors (Lipinski definition) is 2. The largest absolute Gasteiger partial charge is 0.351 e. The summed E-state index contributed by atoms with van der Waals surface area (Å²) >= 11 is 6.28. The van der Waals surface area contributed by atoms with Gasteiger partial charge in [0, 0.05) is 30.2 Å². The second-order valence-corrected chi connectivity index (χ2v) is 10.2. The molecule has 0 spiro atoms. The van der Waals surface area contributed by atoms with Crippen molar-refractivity contribution in [3.05, 3.63) is 17.9 Å². The highest BCUT2D eigenvalue weighted by Crippen LogP contribution is 2.33. The summed E-state index contributed by atoms with van der Waals surface area (Å²) in [5.74, 6) is 1.18. The second kappa shape index (κ2) is 11.3. The quantitative estimate of drug-likeness (QED) is 0.328. The average molecular weight is 437 g/mol. The van der Waals surface area contributed by atoms with Crippen LogP contribution in [0, 0.1) is 0 Å². The minimum atomic E-state index is 0.0482. The molecule has 7 heteroatoms. The summed E-state index contributed by atoms with van der Waals surface area (Å²) in [4.78, 5) is 15.8. The molecule has 170 valence electrons. The highest BCUT2D eigenvalue weighted by atomic mass is 35.5. The van der Waals surface area contributed by atoms with E-state index in [1.807, 2.05) is 0 Å². The van der Waals surface area contributed by atoms with Crippen molar-refractivity contribution in [1.82, 2.24) is 20.3 Å². The van der Waals surface area contributed by atoms with Gasteiger partial charge in [0.15, 0.2) is 0 Å². The standard InChI is InChI=1S/C23H41ClN6/c1-7-9-10-11-12-13-15-30(18-16-22(3,4)29-23(5,6)17-18)21-27-19(24)26-20(28-21)25-14-8-2/h8,18,29H,2,7,9-17H2,1,3-6H3,(H,25,26,27,28). The molecule has 0 saturated carbocycles. The Bertz CT molecular complexity index is 660. The Morgan fingerprint density at radius 3 is 2.33 bits per heavy atom. The van der Waals surface area contributed by atoms with Crippen molar-refractivity contribution in [1.29, 1.82) is 0 Å². The van der Waals surface area contributed by atoms with E-state index in [-0.39, 0.29) is 16.4 Å². The van der Waals surface area contributed by atoms with E-state index in [0.717, 1.165) is 25.8 Å². The van der Waals surface area contributed by atoms with Gasteiger partial charge in [-0.15, -0.1) is 6.58 Å². The van der Waals surface area contributed by atoms with Gasteiger partial charge < -0.3 is 15.5 Å². The third-order valence-corrected chi connectivity index (χ3v) is 5.79. The van der Waals surface area contributed by atoms with E-state index in [0.29, 0.717) is 24.5 Å². The first kappa shape index (κ1) is 24.9. The molecule has 1 aromatic heterocycles. The molecule has 0 unspecified atom stereocenters. The molecule has 0 radical (unpaired) electrons. The zero-order chi connectivity index (χ0) is 22.2. The van der Waals surface area contributed by atoms with E-state index in [1.54, 1.807) is 6.08 Å². The first-order valence-electron chi connectivity index (χ1n) is 11.5. The van der Waals surface area contributed by atoms with Gasteiger partial charge in [0.1, 0.15) is 0 Å². The number of halogens is 1. The van der Waals surface area contributed by atoms with Crippen LogP contribution in [0.4, 0.5) is 11.9 Å². The lowest BCUT2D eigenvalue weighted by atomic mass is 9.79. The van der Waals surface area contributed by atoms with Crippen molar-refractivity contribution >= 4 is 23.5 Å². The minimum Gasteiger partial charge on any atom is -0.351 e. The molecule has 1 fully saturated rings. The zero-order valence-corrected chi connectivity index (χ0v) is 20.4. The van der Waals surface area contributed by atoms with Gasteiger partial charge in [-0.1, -0.05) is 45.1 Å². The third kappa shape index (κ3) is 8.03. The van der Waals surface area contributed by atoms with Crippen molar-refractivity contribution in [3.63, 3.8) is 0 Å². The first-order chi connectivity index (χ1) is 14.2. The summed E-state index contributed by atoms with van der Waals surface area (Å²) < 4.78 is 0. The minimum absolute atomic E-state index is 0.0482. The Balaban J connectivity index is 2.22. The molecule has 0 atom stereocenters. The van der Waals surface area contributed by atoms with Gasteiger partial charge in [0.2, 0.25) is 17.2 Å². The maximum Gasteiger partial charge on any atom is 0.231 e. The summed E-state index contributed by atoms with van der Waals surface area (Å²) in [5.41, 5.74) is 0.0963. The fourth-order valence-electron chi connectivity index (χ4n) is 4.71. The molecule has 0 aromatic carbocycles. The molecule has 2 N–H and O–H groups in total. The van der Waals surface area contributed by atoms with E-state index >= 15 is 0 Å². The Morgan fingerprint density at radius 1 is 1.07 bits per heavy atom. The van der Waals surface area contributed by atoms with Crippen LogP contribution in [-0.4, -0.2) is 45.2 Å². The monoisotopic (exact) mass is 436 g/mol. The molecule has 1 saturated heterocycles. The van der Waals surface area contributed by atoms with Crippen LogP contribution in [0.15, 0.2) is 12.7 Å². The number of hydrogen-bond acceptors (Lipinski definition) is 6. The predicted octanol–water partition coefficient (Wildman–Crippen LogP) is 5.60. The Hall–Kier alpha value is -1.40. The van der Waals surface area contributed by atoms with E-state index in [1.165, 1.54) is 32.1 Å². The Morgan fingerprint density at radius 2 is 1.70 bits per heavy atom. The summed E-state index contributed by atoms with van der Waals surface area (Å²) in [6.45, 7) is 16.6. The van der Waals surface area contributed by atoms with Crippen LogP contribution in [0.2, 0.25) is 5.28 Å².